The molecule has 126 valence electrons. The number of amides is 3. The molecule has 0 aliphatic rings. The Kier molecular flexibility index (Phi) is 7.02. The number of rotatable bonds is 5. The topological polar surface area (TPSA) is 93.7 Å². The van der Waals surface area contributed by atoms with Crippen LogP contribution in [0.25, 0.3) is 0 Å². The smallest absolute Gasteiger partial charge is 0.338 e. The molecule has 0 unspecified atom stereocenters. The van der Waals surface area contributed by atoms with E-state index in [1.807, 2.05) is 0 Å². The molecule has 8 heteroatoms. The van der Waals surface area contributed by atoms with E-state index in [2.05, 4.69) is 26.6 Å². The number of urea groups is 1. The van der Waals surface area contributed by atoms with Gasteiger partial charge in [-0.3, -0.25) is 10.1 Å². The van der Waals surface area contributed by atoms with Crippen LogP contribution in [-0.4, -0.2) is 37.2 Å². The Balaban J connectivity index is 2.64. The average Bonchev–Trinajstić information content (AvgIpc) is 2.45. The van der Waals surface area contributed by atoms with Gasteiger partial charge in [0.2, 0.25) is 0 Å². The molecule has 0 radical (unpaired) electrons. The van der Waals surface area contributed by atoms with E-state index < -0.39 is 24.0 Å². The molecule has 0 saturated heterocycles. The fourth-order valence-corrected chi connectivity index (χ4v) is 2.13. The Morgan fingerprint density at radius 1 is 1.17 bits per heavy atom. The van der Waals surface area contributed by atoms with E-state index in [9.17, 15) is 14.4 Å². The summed E-state index contributed by atoms with van der Waals surface area (Å²) in [5.74, 6) is -0.818. The Hall–Kier alpha value is -2.09. The van der Waals surface area contributed by atoms with Crippen molar-refractivity contribution in [1.29, 1.82) is 0 Å². The summed E-state index contributed by atoms with van der Waals surface area (Å²) in [5, 5.41) is 4.60. The molecule has 0 heterocycles. The van der Waals surface area contributed by atoms with Gasteiger partial charge < -0.3 is 14.8 Å². The van der Waals surface area contributed by atoms with Crippen LogP contribution in [0.3, 0.4) is 0 Å². The van der Waals surface area contributed by atoms with Crippen molar-refractivity contribution in [2.24, 2.45) is 0 Å². The number of nitrogens with one attached hydrogen (secondary N) is 2. The molecule has 0 fully saturated rings. The molecule has 0 saturated carbocycles. The molecule has 0 aliphatic heterocycles. The molecule has 0 aliphatic carbocycles. The van der Waals surface area contributed by atoms with Crippen LogP contribution in [0.1, 0.15) is 31.1 Å². The molecule has 0 aromatic heterocycles. The summed E-state index contributed by atoms with van der Waals surface area (Å²) < 4.78 is 10.7. The fraction of sp³-hybridized carbons (Fsp3) is 0.400. The van der Waals surface area contributed by atoms with Crippen molar-refractivity contribution in [1.82, 2.24) is 10.6 Å². The number of carbonyl (C=O) groups is 3. The van der Waals surface area contributed by atoms with Crippen LogP contribution in [-0.2, 0) is 9.53 Å². The van der Waals surface area contributed by atoms with Gasteiger partial charge in [0, 0.05) is 6.04 Å². The van der Waals surface area contributed by atoms with Crippen molar-refractivity contribution < 1.29 is 23.9 Å². The SMILES string of the molecule is COc1ccc(C(=O)O[C@@H](C)C(=O)NC(=O)NC(C)C)cc1Br. The van der Waals surface area contributed by atoms with E-state index in [0.717, 1.165) is 0 Å². The molecule has 7 nitrogen and oxygen atoms in total. The van der Waals surface area contributed by atoms with Crippen LogP contribution in [0.2, 0.25) is 0 Å². The average molecular weight is 387 g/mol. The van der Waals surface area contributed by atoms with Crippen LogP contribution in [0.4, 0.5) is 4.79 Å². The minimum Gasteiger partial charge on any atom is -0.496 e. The number of ether oxygens (including phenoxy) is 2. The number of carbonyl (C=O) groups excluding carboxylic acids is 3. The lowest BCUT2D eigenvalue weighted by Crippen LogP contribution is -2.46. The third-order valence-electron chi connectivity index (χ3n) is 2.70. The summed E-state index contributed by atoms with van der Waals surface area (Å²) in [6.45, 7) is 4.90. The van der Waals surface area contributed by atoms with E-state index >= 15 is 0 Å². The predicted octanol–water partition coefficient (Wildman–Crippen LogP) is 2.24. The first kappa shape index (κ1) is 19.0. The van der Waals surface area contributed by atoms with E-state index in [1.165, 1.54) is 26.2 Å². The molecule has 23 heavy (non-hydrogen) atoms. The van der Waals surface area contributed by atoms with E-state index in [1.54, 1.807) is 19.9 Å². The van der Waals surface area contributed by atoms with Crippen LogP contribution >= 0.6 is 15.9 Å². The highest BCUT2D eigenvalue weighted by atomic mass is 79.9. The van der Waals surface area contributed by atoms with Gasteiger partial charge >= 0.3 is 12.0 Å². The number of imide groups is 1. The Morgan fingerprint density at radius 3 is 2.35 bits per heavy atom. The van der Waals surface area contributed by atoms with Crippen molar-refractivity contribution in [2.75, 3.05) is 7.11 Å². The normalized spacial score (nSPS) is 11.6. The summed E-state index contributed by atoms with van der Waals surface area (Å²) in [4.78, 5) is 35.2. The number of hydrogen-bond acceptors (Lipinski definition) is 5. The standard InChI is InChI=1S/C15H19BrN2O5/c1-8(2)17-15(21)18-13(19)9(3)23-14(20)10-5-6-12(22-4)11(16)7-10/h5-9H,1-4H3,(H2,17,18,19,21)/t9-/m0/s1. The third kappa shape index (κ3) is 5.90. The molecule has 0 spiro atoms. The summed E-state index contributed by atoms with van der Waals surface area (Å²) in [7, 11) is 1.51. The van der Waals surface area contributed by atoms with Crippen molar-refractivity contribution in [2.45, 2.75) is 32.9 Å². The first-order valence-corrected chi connectivity index (χ1v) is 7.69. The van der Waals surface area contributed by atoms with Gasteiger partial charge in [-0.15, -0.1) is 0 Å². The zero-order chi connectivity index (χ0) is 17.6. The molecule has 0 bridgehead atoms. The second-order valence-electron chi connectivity index (χ2n) is 5.01. The maximum atomic E-state index is 12.0. The van der Waals surface area contributed by atoms with Gasteiger partial charge in [-0.1, -0.05) is 0 Å². The molecule has 1 aromatic carbocycles. The van der Waals surface area contributed by atoms with Gasteiger partial charge in [-0.2, -0.15) is 0 Å². The van der Waals surface area contributed by atoms with Gasteiger partial charge in [-0.25, -0.2) is 9.59 Å². The van der Waals surface area contributed by atoms with Crippen LogP contribution in [0.5, 0.6) is 5.75 Å². The third-order valence-corrected chi connectivity index (χ3v) is 3.32. The highest BCUT2D eigenvalue weighted by molar-refractivity contribution is 9.10. The minimum atomic E-state index is -1.11. The lowest BCUT2D eigenvalue weighted by molar-refractivity contribution is -0.127. The quantitative estimate of drug-likeness (QED) is 0.756. The van der Waals surface area contributed by atoms with Crippen molar-refractivity contribution in [3.8, 4) is 5.75 Å². The second kappa shape index (κ2) is 8.52. The monoisotopic (exact) mass is 386 g/mol. The Labute approximate surface area is 142 Å². The first-order chi connectivity index (χ1) is 10.7. The van der Waals surface area contributed by atoms with Gasteiger partial charge in [0.15, 0.2) is 6.10 Å². The molecule has 1 atom stereocenters. The van der Waals surface area contributed by atoms with Crippen molar-refractivity contribution >= 4 is 33.8 Å². The number of halogens is 1. The van der Waals surface area contributed by atoms with Gasteiger partial charge in [0.1, 0.15) is 5.75 Å². The highest BCUT2D eigenvalue weighted by Gasteiger charge is 2.21. The van der Waals surface area contributed by atoms with Gasteiger partial charge in [0.05, 0.1) is 17.1 Å². The summed E-state index contributed by atoms with van der Waals surface area (Å²) in [6.07, 6.45) is -1.11. The zero-order valence-electron chi connectivity index (χ0n) is 13.3. The number of hydrogen-bond donors (Lipinski definition) is 2. The highest BCUT2D eigenvalue weighted by Crippen LogP contribution is 2.25. The molecule has 3 amide bonds. The maximum Gasteiger partial charge on any atom is 0.338 e. The fourth-order valence-electron chi connectivity index (χ4n) is 1.59. The largest absolute Gasteiger partial charge is 0.496 e. The predicted molar refractivity (Wildman–Crippen MR) is 87.4 cm³/mol. The lowest BCUT2D eigenvalue weighted by Gasteiger charge is -2.14. The molecular formula is C15H19BrN2O5. The van der Waals surface area contributed by atoms with E-state index in [0.29, 0.717) is 10.2 Å². The van der Waals surface area contributed by atoms with Crippen LogP contribution in [0.15, 0.2) is 22.7 Å². The van der Waals surface area contributed by atoms with Crippen molar-refractivity contribution in [3.05, 3.63) is 28.2 Å². The van der Waals surface area contributed by atoms with Crippen LogP contribution < -0.4 is 15.4 Å². The molecule has 1 aromatic rings. The minimum absolute atomic E-state index is 0.114. The number of methoxy groups -OCH3 is 1. The van der Waals surface area contributed by atoms with Gasteiger partial charge in [-0.05, 0) is 54.9 Å². The first-order valence-electron chi connectivity index (χ1n) is 6.90. The van der Waals surface area contributed by atoms with Crippen LogP contribution in [0, 0.1) is 0 Å². The Bertz CT molecular complexity index is 604. The zero-order valence-corrected chi connectivity index (χ0v) is 14.9. The summed E-state index contributed by atoms with van der Waals surface area (Å²) in [6, 6.07) is 3.89. The van der Waals surface area contributed by atoms with E-state index in [4.69, 9.17) is 9.47 Å². The molecule has 2 N–H and O–H groups in total. The van der Waals surface area contributed by atoms with E-state index in [-0.39, 0.29) is 11.6 Å². The van der Waals surface area contributed by atoms with Gasteiger partial charge in [0.25, 0.3) is 5.91 Å². The number of benzene rings is 1. The lowest BCUT2D eigenvalue weighted by atomic mass is 10.2. The molecule has 1 rings (SSSR count). The summed E-state index contributed by atoms with van der Waals surface area (Å²) in [5.41, 5.74) is 0.254. The second-order valence-corrected chi connectivity index (χ2v) is 5.87. The summed E-state index contributed by atoms with van der Waals surface area (Å²) >= 11 is 3.26. The molecular weight excluding hydrogens is 368 g/mol. The Morgan fingerprint density at radius 2 is 1.83 bits per heavy atom. The van der Waals surface area contributed by atoms with Crippen molar-refractivity contribution in [3.63, 3.8) is 0 Å². The maximum absolute atomic E-state index is 12.0. The number of esters is 1.